The summed E-state index contributed by atoms with van der Waals surface area (Å²) in [5.74, 6) is 0.851. The Balaban J connectivity index is 1.37. The van der Waals surface area contributed by atoms with E-state index in [2.05, 4.69) is 10.3 Å². The fourth-order valence-electron chi connectivity index (χ4n) is 3.69. The van der Waals surface area contributed by atoms with E-state index in [-0.39, 0.29) is 12.1 Å². The van der Waals surface area contributed by atoms with Gasteiger partial charge in [-0.15, -0.1) is 0 Å². The summed E-state index contributed by atoms with van der Waals surface area (Å²) >= 11 is 0. The van der Waals surface area contributed by atoms with E-state index in [9.17, 15) is 4.79 Å². The van der Waals surface area contributed by atoms with E-state index in [0.29, 0.717) is 23.6 Å². The summed E-state index contributed by atoms with van der Waals surface area (Å²) in [7, 11) is 0. The van der Waals surface area contributed by atoms with Gasteiger partial charge >= 0.3 is 5.97 Å². The number of para-hydroxylation sites is 2. The molecule has 1 aromatic heterocycles. The van der Waals surface area contributed by atoms with Gasteiger partial charge in [0.1, 0.15) is 29.0 Å². The number of rotatable bonds is 3. The molecule has 6 heteroatoms. The average Bonchev–Trinajstić information content (AvgIpc) is 3.12. The number of carbonyl (C=O) groups excluding carboxylic acids is 1. The summed E-state index contributed by atoms with van der Waals surface area (Å²) in [5, 5.41) is 3.32. The quantitative estimate of drug-likeness (QED) is 0.568. The van der Waals surface area contributed by atoms with Crippen LogP contribution < -0.4 is 14.8 Å². The van der Waals surface area contributed by atoms with E-state index in [1.165, 1.54) is 0 Å². The molecule has 3 heterocycles. The van der Waals surface area contributed by atoms with Gasteiger partial charge in [0, 0.05) is 6.07 Å². The molecule has 1 unspecified atom stereocenters. The predicted octanol–water partition coefficient (Wildman–Crippen LogP) is 3.20. The Morgan fingerprint density at radius 3 is 2.81 bits per heavy atom. The van der Waals surface area contributed by atoms with Crippen LogP contribution in [-0.2, 0) is 11.2 Å². The minimum Gasteiger partial charge on any atom is -0.490 e. The molecule has 27 heavy (non-hydrogen) atoms. The molecular weight excluding hydrogens is 344 g/mol. The summed E-state index contributed by atoms with van der Waals surface area (Å²) in [5.41, 5.74) is 2.38. The van der Waals surface area contributed by atoms with Crippen molar-refractivity contribution in [1.82, 2.24) is 10.3 Å². The number of piperidine rings is 1. The van der Waals surface area contributed by atoms with Crippen LogP contribution >= 0.6 is 0 Å². The van der Waals surface area contributed by atoms with Gasteiger partial charge in [0.2, 0.25) is 5.89 Å². The maximum atomic E-state index is 12.6. The largest absolute Gasteiger partial charge is 0.490 e. The zero-order valence-corrected chi connectivity index (χ0v) is 14.8. The Kier molecular flexibility index (Phi) is 4.05. The van der Waals surface area contributed by atoms with E-state index < -0.39 is 5.92 Å². The van der Waals surface area contributed by atoms with Crippen LogP contribution in [0.1, 0.15) is 30.2 Å². The molecule has 2 aliphatic rings. The van der Waals surface area contributed by atoms with Crippen molar-refractivity contribution in [2.75, 3.05) is 13.1 Å². The molecule has 0 aliphatic carbocycles. The standard InChI is InChI=1S/C21H20N2O4/c24-21-16(20-23-17-3-1-2-4-18(17)26-20)11-13-5-6-15(12-19(13)27-21)25-14-7-9-22-10-8-14/h1-6,12,14,16,22H,7-11H2. The van der Waals surface area contributed by atoms with Gasteiger partial charge in [-0.05, 0) is 56.1 Å². The van der Waals surface area contributed by atoms with Gasteiger partial charge in [0.15, 0.2) is 5.58 Å². The highest BCUT2D eigenvalue weighted by Gasteiger charge is 2.34. The Morgan fingerprint density at radius 1 is 1.11 bits per heavy atom. The van der Waals surface area contributed by atoms with Crippen molar-refractivity contribution in [2.45, 2.75) is 31.3 Å². The molecule has 0 amide bonds. The highest BCUT2D eigenvalue weighted by molar-refractivity contribution is 5.83. The van der Waals surface area contributed by atoms with Crippen LogP contribution in [0.5, 0.6) is 11.5 Å². The molecule has 5 rings (SSSR count). The third-order valence-corrected chi connectivity index (χ3v) is 5.16. The van der Waals surface area contributed by atoms with Crippen LogP contribution in [0.3, 0.4) is 0 Å². The molecule has 0 spiro atoms. The lowest BCUT2D eigenvalue weighted by atomic mass is 9.96. The lowest BCUT2D eigenvalue weighted by molar-refractivity contribution is -0.137. The van der Waals surface area contributed by atoms with Crippen LogP contribution in [0.2, 0.25) is 0 Å². The summed E-state index contributed by atoms with van der Waals surface area (Å²) in [4.78, 5) is 17.0. The van der Waals surface area contributed by atoms with Crippen molar-refractivity contribution in [3.05, 3.63) is 53.9 Å². The molecule has 3 aromatic rings. The molecule has 1 atom stereocenters. The SMILES string of the molecule is O=C1Oc2cc(OC3CCNCC3)ccc2CC1c1nc2ccccc2o1. The van der Waals surface area contributed by atoms with Crippen molar-refractivity contribution in [3.8, 4) is 11.5 Å². The molecule has 2 aliphatic heterocycles. The van der Waals surface area contributed by atoms with Gasteiger partial charge in [0.25, 0.3) is 0 Å². The van der Waals surface area contributed by atoms with Gasteiger partial charge in [-0.25, -0.2) is 4.98 Å². The number of hydrogen-bond acceptors (Lipinski definition) is 6. The number of aromatic nitrogens is 1. The number of hydrogen-bond donors (Lipinski definition) is 1. The second kappa shape index (κ2) is 6.70. The molecule has 0 bridgehead atoms. The van der Waals surface area contributed by atoms with Crippen LogP contribution in [0.15, 0.2) is 46.9 Å². The Labute approximate surface area is 156 Å². The molecule has 0 radical (unpaired) electrons. The third kappa shape index (κ3) is 3.17. The Hall–Kier alpha value is -2.86. The molecule has 6 nitrogen and oxygen atoms in total. The number of carbonyl (C=O) groups is 1. The second-order valence-electron chi connectivity index (χ2n) is 7.03. The second-order valence-corrected chi connectivity index (χ2v) is 7.03. The lowest BCUT2D eigenvalue weighted by Gasteiger charge is -2.25. The summed E-state index contributed by atoms with van der Waals surface area (Å²) < 4.78 is 17.4. The van der Waals surface area contributed by atoms with E-state index in [0.717, 1.165) is 42.8 Å². The zero-order valence-electron chi connectivity index (χ0n) is 14.8. The number of benzene rings is 2. The predicted molar refractivity (Wildman–Crippen MR) is 99.1 cm³/mol. The van der Waals surface area contributed by atoms with Gasteiger partial charge < -0.3 is 19.2 Å². The number of fused-ring (bicyclic) bond motifs is 2. The summed E-state index contributed by atoms with van der Waals surface area (Å²) in [6.07, 6.45) is 2.68. The molecule has 138 valence electrons. The topological polar surface area (TPSA) is 73.6 Å². The van der Waals surface area contributed by atoms with Crippen LogP contribution in [0, 0.1) is 0 Å². The van der Waals surface area contributed by atoms with Gasteiger partial charge in [-0.1, -0.05) is 18.2 Å². The highest BCUT2D eigenvalue weighted by atomic mass is 16.5. The van der Waals surface area contributed by atoms with Crippen LogP contribution in [0.25, 0.3) is 11.1 Å². The molecule has 1 saturated heterocycles. The maximum absolute atomic E-state index is 12.6. The monoisotopic (exact) mass is 364 g/mol. The molecule has 1 N–H and O–H groups in total. The number of ether oxygens (including phenoxy) is 2. The van der Waals surface area contributed by atoms with Gasteiger partial charge in [0.05, 0.1) is 0 Å². The minimum absolute atomic E-state index is 0.205. The van der Waals surface area contributed by atoms with E-state index in [1.807, 2.05) is 42.5 Å². The van der Waals surface area contributed by atoms with Crippen molar-refractivity contribution < 1.29 is 18.7 Å². The van der Waals surface area contributed by atoms with Gasteiger partial charge in [-0.2, -0.15) is 0 Å². The molecular formula is C21H20N2O4. The van der Waals surface area contributed by atoms with Gasteiger partial charge in [-0.3, -0.25) is 4.79 Å². The fourth-order valence-corrected chi connectivity index (χ4v) is 3.69. The first-order chi connectivity index (χ1) is 13.3. The molecule has 2 aromatic carbocycles. The average molecular weight is 364 g/mol. The fraction of sp³-hybridized carbons (Fsp3) is 0.333. The van der Waals surface area contributed by atoms with Crippen molar-refractivity contribution >= 4 is 17.1 Å². The maximum Gasteiger partial charge on any atom is 0.324 e. The summed E-state index contributed by atoms with van der Waals surface area (Å²) in [6, 6.07) is 13.2. The van der Waals surface area contributed by atoms with Crippen molar-refractivity contribution in [3.63, 3.8) is 0 Å². The van der Waals surface area contributed by atoms with E-state index in [1.54, 1.807) is 0 Å². The first-order valence-corrected chi connectivity index (χ1v) is 9.34. The van der Waals surface area contributed by atoms with Crippen molar-refractivity contribution in [2.24, 2.45) is 0 Å². The molecule has 0 saturated carbocycles. The number of oxazole rings is 1. The first kappa shape index (κ1) is 16.3. The van der Waals surface area contributed by atoms with E-state index >= 15 is 0 Å². The van der Waals surface area contributed by atoms with E-state index in [4.69, 9.17) is 13.9 Å². The van der Waals surface area contributed by atoms with Crippen molar-refractivity contribution in [1.29, 1.82) is 0 Å². The zero-order chi connectivity index (χ0) is 18.2. The minimum atomic E-state index is -0.527. The molecule has 1 fully saturated rings. The Morgan fingerprint density at radius 2 is 1.96 bits per heavy atom. The summed E-state index contributed by atoms with van der Waals surface area (Å²) in [6.45, 7) is 1.94. The number of esters is 1. The number of nitrogens with one attached hydrogen (secondary N) is 1. The van der Waals surface area contributed by atoms with Crippen LogP contribution in [0.4, 0.5) is 0 Å². The number of nitrogens with zero attached hydrogens (tertiary/aromatic N) is 1. The van der Waals surface area contributed by atoms with Crippen LogP contribution in [-0.4, -0.2) is 30.1 Å². The third-order valence-electron chi connectivity index (χ3n) is 5.16. The first-order valence-electron chi connectivity index (χ1n) is 9.34. The highest BCUT2D eigenvalue weighted by Crippen LogP contribution is 2.36. The smallest absolute Gasteiger partial charge is 0.324 e. The lowest BCUT2D eigenvalue weighted by Crippen LogP contribution is -2.34. The Bertz CT molecular complexity index is 958. The normalized spacial score (nSPS) is 20.3.